The van der Waals surface area contributed by atoms with Crippen molar-refractivity contribution >= 4 is 22.9 Å². The van der Waals surface area contributed by atoms with Gasteiger partial charge in [-0.15, -0.1) is 0 Å². The third-order valence-corrected chi connectivity index (χ3v) is 3.58. The van der Waals surface area contributed by atoms with Crippen molar-refractivity contribution in [2.75, 3.05) is 13.2 Å². The molecule has 0 unspecified atom stereocenters. The average Bonchev–Trinajstić information content (AvgIpc) is 3.19. The Morgan fingerprint density at radius 2 is 1.96 bits per heavy atom. The minimum absolute atomic E-state index is 0.0320. The Labute approximate surface area is 138 Å². The lowest BCUT2D eigenvalue weighted by atomic mass is 10.2. The van der Waals surface area contributed by atoms with Crippen molar-refractivity contribution in [1.29, 1.82) is 0 Å². The predicted octanol–water partition coefficient (Wildman–Crippen LogP) is 3.27. The van der Waals surface area contributed by atoms with Crippen LogP contribution in [0.15, 0.2) is 53.1 Å². The number of carbonyl (C=O) groups excluding carboxylic acids is 2. The number of aromatic nitrogens is 1. The summed E-state index contributed by atoms with van der Waals surface area (Å²) in [6.45, 7) is 2.16. The van der Waals surface area contributed by atoms with E-state index in [0.29, 0.717) is 29.0 Å². The molecule has 0 spiro atoms. The molecular formula is C18H17NO5. The number of nitrogens with zero attached hydrogens (tertiary/aromatic N) is 1. The van der Waals surface area contributed by atoms with Crippen LogP contribution >= 0.6 is 0 Å². The molecule has 0 saturated heterocycles. The number of furan rings is 1. The lowest BCUT2D eigenvalue weighted by molar-refractivity contribution is 0.0370. The van der Waals surface area contributed by atoms with Crippen molar-refractivity contribution in [2.24, 2.45) is 0 Å². The molecule has 3 rings (SSSR count). The van der Waals surface area contributed by atoms with Gasteiger partial charge in [0, 0.05) is 18.7 Å². The molecule has 0 radical (unpaired) electrons. The molecular weight excluding hydrogens is 310 g/mol. The first kappa shape index (κ1) is 16.0. The van der Waals surface area contributed by atoms with Crippen LogP contribution in [-0.2, 0) is 16.2 Å². The molecule has 0 amide bonds. The molecule has 2 heterocycles. The maximum atomic E-state index is 12.3. The third-order valence-electron chi connectivity index (χ3n) is 3.58. The van der Waals surface area contributed by atoms with Gasteiger partial charge in [0.05, 0.1) is 23.0 Å². The van der Waals surface area contributed by atoms with Crippen molar-refractivity contribution in [3.8, 4) is 0 Å². The van der Waals surface area contributed by atoms with Crippen LogP contribution in [-0.4, -0.2) is 29.5 Å². The number of benzene rings is 1. The summed E-state index contributed by atoms with van der Waals surface area (Å²) >= 11 is 0. The lowest BCUT2D eigenvalue weighted by Crippen LogP contribution is -2.17. The summed E-state index contributed by atoms with van der Waals surface area (Å²) in [5, 5.41) is 0. The highest BCUT2D eigenvalue weighted by atomic mass is 16.5. The zero-order valence-corrected chi connectivity index (χ0v) is 13.2. The number of fused-ring (bicyclic) bond motifs is 1. The molecule has 1 aromatic carbocycles. The van der Waals surface area contributed by atoms with E-state index in [1.807, 2.05) is 13.0 Å². The largest absolute Gasteiger partial charge is 0.463 e. The standard InChI is InChI=1S/C18H17NO5/c1-2-22-11-16(20)15-10-17-14(8-9-23-17)19(15)12-24-18(21)13-6-4-3-5-7-13/h3-10H,2,11-12H2,1H3. The Bertz CT molecular complexity index is 847. The number of Topliss-reactive ketones (excluding diaryl/α,β-unsaturated/α-hetero) is 1. The molecule has 6 nitrogen and oxygen atoms in total. The number of esters is 1. The summed E-state index contributed by atoms with van der Waals surface area (Å²) in [4.78, 5) is 24.4. The maximum Gasteiger partial charge on any atom is 0.339 e. The number of ether oxygens (including phenoxy) is 2. The van der Waals surface area contributed by atoms with E-state index >= 15 is 0 Å². The van der Waals surface area contributed by atoms with Crippen LogP contribution in [0.5, 0.6) is 0 Å². The molecule has 0 atom stereocenters. The highest BCUT2D eigenvalue weighted by Gasteiger charge is 2.18. The zero-order valence-electron chi connectivity index (χ0n) is 13.2. The second-order valence-electron chi connectivity index (χ2n) is 5.11. The summed E-state index contributed by atoms with van der Waals surface area (Å²) in [5.41, 5.74) is 2.09. The molecule has 3 aromatic rings. The van der Waals surface area contributed by atoms with Crippen molar-refractivity contribution in [1.82, 2.24) is 4.57 Å². The van der Waals surface area contributed by atoms with Crippen molar-refractivity contribution in [3.63, 3.8) is 0 Å². The van der Waals surface area contributed by atoms with Gasteiger partial charge in [-0.1, -0.05) is 18.2 Å². The average molecular weight is 327 g/mol. The van der Waals surface area contributed by atoms with Gasteiger partial charge in [0.15, 0.2) is 12.3 Å². The summed E-state index contributed by atoms with van der Waals surface area (Å²) in [6.07, 6.45) is 1.52. The SMILES string of the molecule is CCOCC(=O)c1cc2occc2n1COC(=O)c1ccccc1. The van der Waals surface area contributed by atoms with Gasteiger partial charge in [0.2, 0.25) is 5.78 Å². The van der Waals surface area contributed by atoms with E-state index in [1.54, 1.807) is 41.0 Å². The Morgan fingerprint density at radius 3 is 2.71 bits per heavy atom. The van der Waals surface area contributed by atoms with Crippen LogP contribution < -0.4 is 0 Å². The molecule has 0 fully saturated rings. The first-order chi connectivity index (χ1) is 11.7. The fraction of sp³-hybridized carbons (Fsp3) is 0.222. The van der Waals surface area contributed by atoms with Gasteiger partial charge in [0.25, 0.3) is 0 Å². The van der Waals surface area contributed by atoms with Crippen LogP contribution in [0.1, 0.15) is 27.8 Å². The highest BCUT2D eigenvalue weighted by Crippen LogP contribution is 2.22. The number of rotatable bonds is 7. The Kier molecular flexibility index (Phi) is 4.77. The molecule has 0 N–H and O–H groups in total. The fourth-order valence-electron chi connectivity index (χ4n) is 2.40. The normalized spacial score (nSPS) is 10.9. The van der Waals surface area contributed by atoms with Gasteiger partial charge in [-0.2, -0.15) is 0 Å². The van der Waals surface area contributed by atoms with E-state index in [2.05, 4.69) is 0 Å². The quantitative estimate of drug-likeness (QED) is 0.492. The van der Waals surface area contributed by atoms with Crippen LogP contribution in [0.2, 0.25) is 0 Å². The van der Waals surface area contributed by atoms with E-state index in [1.165, 1.54) is 6.26 Å². The minimum atomic E-state index is -0.454. The van der Waals surface area contributed by atoms with Crippen LogP contribution in [0.3, 0.4) is 0 Å². The summed E-state index contributed by atoms with van der Waals surface area (Å²) in [5.74, 6) is -0.650. The van der Waals surface area contributed by atoms with Crippen molar-refractivity contribution in [3.05, 3.63) is 60.0 Å². The Morgan fingerprint density at radius 1 is 1.17 bits per heavy atom. The van der Waals surface area contributed by atoms with Crippen molar-refractivity contribution < 1.29 is 23.5 Å². The topological polar surface area (TPSA) is 70.7 Å². The number of carbonyl (C=O) groups is 2. The van der Waals surface area contributed by atoms with Gasteiger partial charge < -0.3 is 18.5 Å². The van der Waals surface area contributed by atoms with Gasteiger partial charge in [0.1, 0.15) is 6.61 Å². The van der Waals surface area contributed by atoms with E-state index in [4.69, 9.17) is 13.9 Å². The van der Waals surface area contributed by atoms with E-state index in [0.717, 1.165) is 0 Å². The summed E-state index contributed by atoms with van der Waals surface area (Å²) < 4.78 is 17.4. The first-order valence-corrected chi connectivity index (χ1v) is 7.60. The van der Waals surface area contributed by atoms with E-state index in [-0.39, 0.29) is 19.1 Å². The predicted molar refractivity (Wildman–Crippen MR) is 86.9 cm³/mol. The van der Waals surface area contributed by atoms with Crippen molar-refractivity contribution in [2.45, 2.75) is 13.7 Å². The Balaban J connectivity index is 1.81. The summed E-state index contributed by atoms with van der Waals surface area (Å²) in [7, 11) is 0. The molecule has 0 bridgehead atoms. The van der Waals surface area contributed by atoms with Crippen LogP contribution in [0, 0.1) is 0 Å². The second kappa shape index (κ2) is 7.14. The second-order valence-corrected chi connectivity index (χ2v) is 5.11. The molecule has 0 aliphatic carbocycles. The smallest absolute Gasteiger partial charge is 0.339 e. The minimum Gasteiger partial charge on any atom is -0.463 e. The van der Waals surface area contributed by atoms with Gasteiger partial charge in [-0.25, -0.2) is 4.79 Å². The van der Waals surface area contributed by atoms with Crippen LogP contribution in [0.25, 0.3) is 11.1 Å². The van der Waals surface area contributed by atoms with Gasteiger partial charge >= 0.3 is 5.97 Å². The monoisotopic (exact) mass is 327 g/mol. The molecule has 0 aliphatic heterocycles. The number of ketones is 1. The molecule has 24 heavy (non-hydrogen) atoms. The van der Waals surface area contributed by atoms with Gasteiger partial charge in [-0.3, -0.25) is 4.79 Å². The summed E-state index contributed by atoms with van der Waals surface area (Å²) in [6, 6.07) is 12.0. The molecule has 6 heteroatoms. The third kappa shape index (κ3) is 3.23. The lowest BCUT2D eigenvalue weighted by Gasteiger charge is -2.10. The number of hydrogen-bond acceptors (Lipinski definition) is 5. The van der Waals surface area contributed by atoms with Crippen LogP contribution in [0.4, 0.5) is 0 Å². The first-order valence-electron chi connectivity index (χ1n) is 7.60. The van der Waals surface area contributed by atoms with E-state index < -0.39 is 5.97 Å². The van der Waals surface area contributed by atoms with Gasteiger partial charge in [-0.05, 0) is 19.1 Å². The molecule has 0 saturated carbocycles. The maximum absolute atomic E-state index is 12.3. The molecule has 124 valence electrons. The molecule has 0 aliphatic rings. The molecule has 2 aromatic heterocycles. The zero-order chi connectivity index (χ0) is 16.9. The Hall–Kier alpha value is -2.86. The number of hydrogen-bond donors (Lipinski definition) is 0. The van der Waals surface area contributed by atoms with E-state index in [9.17, 15) is 9.59 Å². The fourth-order valence-corrected chi connectivity index (χ4v) is 2.40. The highest BCUT2D eigenvalue weighted by molar-refractivity contribution is 5.99.